The molecule has 1 saturated heterocycles. The molecule has 2 aromatic heterocycles. The zero-order valence-corrected chi connectivity index (χ0v) is 18.3. The Bertz CT molecular complexity index is 1200. The second kappa shape index (κ2) is 9.04. The average molecular weight is 433 g/mol. The molecule has 1 amide bonds. The molecule has 0 saturated carbocycles. The number of carbonyl (C=O) groups is 1. The Balaban J connectivity index is 1.32. The van der Waals surface area contributed by atoms with Gasteiger partial charge in [-0.25, -0.2) is 4.98 Å². The third kappa shape index (κ3) is 3.96. The number of para-hydroxylation sites is 2. The smallest absolute Gasteiger partial charge is 0.261 e. The van der Waals surface area contributed by atoms with Crippen molar-refractivity contribution in [3.63, 3.8) is 0 Å². The number of aromatic nitrogens is 3. The molecule has 0 aliphatic carbocycles. The first-order valence-electron chi connectivity index (χ1n) is 11.2. The number of aromatic amines is 1. The van der Waals surface area contributed by atoms with E-state index in [1.54, 1.807) is 7.11 Å². The summed E-state index contributed by atoms with van der Waals surface area (Å²) in [6, 6.07) is 15.9. The number of rotatable bonds is 7. The number of imidazole rings is 1. The molecule has 1 aliphatic heterocycles. The second-order valence-corrected chi connectivity index (χ2v) is 8.22. The molecule has 5 rings (SSSR count). The van der Waals surface area contributed by atoms with Gasteiger partial charge in [0.2, 0.25) is 0 Å². The van der Waals surface area contributed by atoms with Gasteiger partial charge in [-0.1, -0.05) is 18.2 Å². The summed E-state index contributed by atoms with van der Waals surface area (Å²) in [7, 11) is 1.70. The SMILES string of the molecule is COCCn1ccc2c(OCC(=O)N3CCCC[C@@H]3c3nc4ccccc4[nH]3)cccc21. The molecule has 0 bridgehead atoms. The maximum absolute atomic E-state index is 13.2. The number of amides is 1. The van der Waals surface area contributed by atoms with Crippen molar-refractivity contribution < 1.29 is 14.3 Å². The monoisotopic (exact) mass is 432 g/mol. The van der Waals surface area contributed by atoms with E-state index in [0.717, 1.165) is 65.9 Å². The second-order valence-electron chi connectivity index (χ2n) is 8.22. The minimum atomic E-state index is -0.0434. The summed E-state index contributed by atoms with van der Waals surface area (Å²) >= 11 is 0. The molecule has 1 aliphatic rings. The minimum absolute atomic E-state index is 0.00836. The van der Waals surface area contributed by atoms with E-state index in [-0.39, 0.29) is 18.6 Å². The molecule has 7 nitrogen and oxygen atoms in total. The van der Waals surface area contributed by atoms with Crippen LogP contribution in [0.15, 0.2) is 54.7 Å². The number of nitrogens with one attached hydrogen (secondary N) is 1. The lowest BCUT2D eigenvalue weighted by molar-refractivity contribution is -0.137. The quantitative estimate of drug-likeness (QED) is 0.473. The van der Waals surface area contributed by atoms with Crippen LogP contribution in [0.3, 0.4) is 0 Å². The van der Waals surface area contributed by atoms with Crippen LogP contribution in [0.25, 0.3) is 21.9 Å². The van der Waals surface area contributed by atoms with Crippen LogP contribution in [0.2, 0.25) is 0 Å². The number of carbonyl (C=O) groups excluding carboxylic acids is 1. The zero-order chi connectivity index (χ0) is 21.9. The predicted octanol–water partition coefficient (Wildman–Crippen LogP) is 4.30. The van der Waals surface area contributed by atoms with Gasteiger partial charge < -0.3 is 23.9 Å². The van der Waals surface area contributed by atoms with Crippen LogP contribution in [0.5, 0.6) is 5.75 Å². The van der Waals surface area contributed by atoms with E-state index < -0.39 is 0 Å². The lowest BCUT2D eigenvalue weighted by Crippen LogP contribution is -2.41. The summed E-state index contributed by atoms with van der Waals surface area (Å²) in [5, 5.41) is 1.00. The number of nitrogens with zero attached hydrogens (tertiary/aromatic N) is 3. The fraction of sp³-hybridized carbons (Fsp3) is 0.360. The molecule has 1 atom stereocenters. The van der Waals surface area contributed by atoms with Crippen LogP contribution in [-0.2, 0) is 16.1 Å². The van der Waals surface area contributed by atoms with Gasteiger partial charge in [-0.2, -0.15) is 0 Å². The van der Waals surface area contributed by atoms with Crippen molar-refractivity contribution in [3.8, 4) is 5.75 Å². The van der Waals surface area contributed by atoms with Crippen molar-refractivity contribution in [1.29, 1.82) is 0 Å². The number of methoxy groups -OCH3 is 1. The molecule has 166 valence electrons. The Morgan fingerprint density at radius 2 is 2.06 bits per heavy atom. The highest BCUT2D eigenvalue weighted by Gasteiger charge is 2.30. The van der Waals surface area contributed by atoms with Crippen molar-refractivity contribution in [2.24, 2.45) is 0 Å². The van der Waals surface area contributed by atoms with Gasteiger partial charge in [0.15, 0.2) is 6.61 Å². The molecular formula is C25H28N4O3. The maximum Gasteiger partial charge on any atom is 0.261 e. The first-order chi connectivity index (χ1) is 15.7. The van der Waals surface area contributed by atoms with E-state index in [4.69, 9.17) is 14.5 Å². The van der Waals surface area contributed by atoms with Crippen LogP contribution >= 0.6 is 0 Å². The highest BCUT2D eigenvalue weighted by Crippen LogP contribution is 2.31. The van der Waals surface area contributed by atoms with Crippen LogP contribution in [0.1, 0.15) is 31.1 Å². The van der Waals surface area contributed by atoms with E-state index >= 15 is 0 Å². The molecular weight excluding hydrogens is 404 g/mol. The van der Waals surface area contributed by atoms with Crippen molar-refractivity contribution in [2.45, 2.75) is 31.8 Å². The van der Waals surface area contributed by atoms with E-state index in [0.29, 0.717) is 6.61 Å². The standard InChI is InChI=1S/C25H28N4O3/c1-31-16-15-28-14-12-18-21(28)10-6-11-23(18)32-17-24(30)29-13-5-4-9-22(29)25-26-19-7-2-3-8-20(19)27-25/h2-3,6-8,10-12,14,22H,4-5,9,13,15-17H2,1H3,(H,26,27)/t22-/m1/s1. The Hall–Kier alpha value is -3.32. The Morgan fingerprint density at radius 1 is 1.16 bits per heavy atom. The molecule has 32 heavy (non-hydrogen) atoms. The molecule has 0 unspecified atom stereocenters. The van der Waals surface area contributed by atoms with Gasteiger partial charge >= 0.3 is 0 Å². The summed E-state index contributed by atoms with van der Waals surface area (Å²) in [6.45, 7) is 2.15. The number of likely N-dealkylation sites (tertiary alicyclic amines) is 1. The van der Waals surface area contributed by atoms with Crippen molar-refractivity contribution in [2.75, 3.05) is 26.9 Å². The summed E-state index contributed by atoms with van der Waals surface area (Å²) in [5.74, 6) is 1.58. The van der Waals surface area contributed by atoms with Gasteiger partial charge in [-0.15, -0.1) is 0 Å². The molecule has 2 aromatic carbocycles. The summed E-state index contributed by atoms with van der Waals surface area (Å²) < 4.78 is 13.4. The molecule has 0 radical (unpaired) electrons. The molecule has 3 heterocycles. The molecule has 1 N–H and O–H groups in total. The number of hydrogen-bond donors (Lipinski definition) is 1. The Morgan fingerprint density at radius 3 is 2.94 bits per heavy atom. The van der Waals surface area contributed by atoms with Crippen LogP contribution in [0, 0.1) is 0 Å². The molecule has 7 heteroatoms. The van der Waals surface area contributed by atoms with E-state index in [9.17, 15) is 4.79 Å². The van der Waals surface area contributed by atoms with E-state index in [1.165, 1.54) is 0 Å². The largest absolute Gasteiger partial charge is 0.483 e. The number of hydrogen-bond acceptors (Lipinski definition) is 4. The highest BCUT2D eigenvalue weighted by molar-refractivity contribution is 5.87. The van der Waals surface area contributed by atoms with Gasteiger partial charge in [-0.3, -0.25) is 4.79 Å². The molecule has 0 spiro atoms. The van der Waals surface area contributed by atoms with Gasteiger partial charge in [0.05, 0.1) is 29.2 Å². The average Bonchev–Trinajstić information content (AvgIpc) is 3.45. The fourth-order valence-electron chi connectivity index (χ4n) is 4.57. The summed E-state index contributed by atoms with van der Waals surface area (Å²) in [5.41, 5.74) is 3.01. The third-order valence-corrected chi connectivity index (χ3v) is 6.21. The van der Waals surface area contributed by atoms with Gasteiger partial charge in [0.25, 0.3) is 5.91 Å². The van der Waals surface area contributed by atoms with Crippen LogP contribution in [-0.4, -0.2) is 52.2 Å². The first kappa shape index (κ1) is 20.6. The summed E-state index contributed by atoms with van der Waals surface area (Å²) in [4.78, 5) is 23.3. The number of fused-ring (bicyclic) bond motifs is 2. The topological polar surface area (TPSA) is 72.4 Å². The Kier molecular flexibility index (Phi) is 5.81. The first-order valence-corrected chi connectivity index (χ1v) is 11.2. The number of H-pyrrole nitrogens is 1. The molecule has 4 aromatic rings. The van der Waals surface area contributed by atoms with Crippen molar-refractivity contribution in [3.05, 3.63) is 60.6 Å². The Labute approximate surface area is 186 Å². The zero-order valence-electron chi connectivity index (χ0n) is 18.3. The van der Waals surface area contributed by atoms with Gasteiger partial charge in [-0.05, 0) is 49.6 Å². The minimum Gasteiger partial charge on any atom is -0.483 e. The normalized spacial score (nSPS) is 16.7. The molecule has 1 fully saturated rings. The van der Waals surface area contributed by atoms with E-state index in [2.05, 4.69) is 15.6 Å². The van der Waals surface area contributed by atoms with Crippen molar-refractivity contribution in [1.82, 2.24) is 19.4 Å². The number of benzene rings is 2. The van der Waals surface area contributed by atoms with Crippen molar-refractivity contribution >= 4 is 27.8 Å². The van der Waals surface area contributed by atoms with Crippen LogP contribution in [0.4, 0.5) is 0 Å². The van der Waals surface area contributed by atoms with Gasteiger partial charge in [0.1, 0.15) is 11.6 Å². The third-order valence-electron chi connectivity index (χ3n) is 6.21. The lowest BCUT2D eigenvalue weighted by Gasteiger charge is -2.34. The number of ether oxygens (including phenoxy) is 2. The highest BCUT2D eigenvalue weighted by atomic mass is 16.5. The van der Waals surface area contributed by atoms with Gasteiger partial charge in [0, 0.05) is 31.8 Å². The van der Waals surface area contributed by atoms with E-state index in [1.807, 2.05) is 53.6 Å². The lowest BCUT2D eigenvalue weighted by atomic mass is 10.0. The number of piperidine rings is 1. The predicted molar refractivity (Wildman–Crippen MR) is 124 cm³/mol. The fourth-order valence-corrected chi connectivity index (χ4v) is 4.57. The van der Waals surface area contributed by atoms with Crippen LogP contribution < -0.4 is 4.74 Å². The maximum atomic E-state index is 13.2. The summed E-state index contributed by atoms with van der Waals surface area (Å²) in [6.07, 6.45) is 5.02.